The normalized spacial score (nSPS) is 11.6. The number of rotatable bonds is 5. The molecule has 3 aromatic heterocycles. The van der Waals surface area contributed by atoms with E-state index in [1.807, 2.05) is 30.3 Å². The van der Waals surface area contributed by atoms with Crippen molar-refractivity contribution < 1.29 is 0 Å². The molecule has 0 atom stereocenters. The zero-order chi connectivity index (χ0) is 29.0. The van der Waals surface area contributed by atoms with E-state index in [1.54, 1.807) is 0 Å². The Morgan fingerprint density at radius 2 is 0.977 bits per heavy atom. The molecule has 10 heteroatoms. The Morgan fingerprint density at radius 1 is 0.386 bits per heavy atom. The van der Waals surface area contributed by atoms with Crippen LogP contribution in [0.4, 0.5) is 17.1 Å². The molecule has 0 saturated carbocycles. The van der Waals surface area contributed by atoms with Crippen molar-refractivity contribution in [2.45, 2.75) is 0 Å². The van der Waals surface area contributed by atoms with Crippen LogP contribution in [0.3, 0.4) is 0 Å². The van der Waals surface area contributed by atoms with Crippen LogP contribution in [0.2, 0.25) is 0 Å². The van der Waals surface area contributed by atoms with Gasteiger partial charge in [0.25, 0.3) is 0 Å². The third-order valence-corrected chi connectivity index (χ3v) is 9.52. The molecular formula is C34H19N7S3. The average Bonchev–Trinajstić information content (AvgIpc) is 3.87. The number of hydrogen-bond acceptors (Lipinski definition) is 10. The molecule has 0 N–H and O–H groups in total. The van der Waals surface area contributed by atoms with Gasteiger partial charge in [0, 0.05) is 11.1 Å². The molecule has 9 rings (SSSR count). The Kier molecular flexibility index (Phi) is 5.90. The largest absolute Gasteiger partial charge is 0.304 e. The topological polar surface area (TPSA) is 80.6 Å². The fourth-order valence-corrected chi connectivity index (χ4v) is 7.55. The van der Waals surface area contributed by atoms with Gasteiger partial charge in [0.2, 0.25) is 0 Å². The van der Waals surface area contributed by atoms with E-state index in [9.17, 15) is 0 Å². The third kappa shape index (κ3) is 3.99. The number of benzene rings is 6. The molecule has 44 heavy (non-hydrogen) atoms. The molecule has 3 heterocycles. The summed E-state index contributed by atoms with van der Waals surface area (Å²) in [5, 5.41) is 2.39. The highest BCUT2D eigenvalue weighted by Gasteiger charge is 2.26. The van der Waals surface area contributed by atoms with Gasteiger partial charge in [0.05, 0.1) is 52.2 Å². The first kappa shape index (κ1) is 25.3. The van der Waals surface area contributed by atoms with Crippen LogP contribution >= 0.6 is 35.2 Å². The van der Waals surface area contributed by atoms with Gasteiger partial charge < -0.3 is 4.90 Å². The second-order valence-electron chi connectivity index (χ2n) is 10.4. The first-order valence-electron chi connectivity index (χ1n) is 13.9. The molecule has 0 aliphatic rings. The van der Waals surface area contributed by atoms with Gasteiger partial charge in [0.1, 0.15) is 33.1 Å². The molecule has 0 spiro atoms. The van der Waals surface area contributed by atoms with Crippen molar-refractivity contribution in [1.29, 1.82) is 0 Å². The van der Waals surface area contributed by atoms with Gasteiger partial charge >= 0.3 is 0 Å². The number of aromatic nitrogens is 6. The van der Waals surface area contributed by atoms with Gasteiger partial charge in [-0.2, -0.15) is 26.2 Å². The van der Waals surface area contributed by atoms with E-state index in [-0.39, 0.29) is 0 Å². The van der Waals surface area contributed by atoms with E-state index in [0.717, 1.165) is 72.4 Å². The van der Waals surface area contributed by atoms with Crippen LogP contribution in [0.15, 0.2) is 115 Å². The van der Waals surface area contributed by atoms with E-state index in [2.05, 4.69) is 94.2 Å². The van der Waals surface area contributed by atoms with Gasteiger partial charge in [-0.25, -0.2) is 0 Å². The van der Waals surface area contributed by atoms with Crippen LogP contribution in [0.5, 0.6) is 0 Å². The smallest absolute Gasteiger partial charge is 0.129 e. The molecule has 0 saturated heterocycles. The lowest BCUT2D eigenvalue weighted by atomic mass is 9.99. The lowest BCUT2D eigenvalue weighted by Gasteiger charge is -2.26. The SMILES string of the molecule is c1ccc(-c2ccc(N(c3cccc4nsnc34)c3ccc(-c4ccc5ccccc5c4)c4nsnc34)c3nsnc23)cc1. The molecule has 7 nitrogen and oxygen atoms in total. The minimum absolute atomic E-state index is 0.810. The van der Waals surface area contributed by atoms with E-state index >= 15 is 0 Å². The molecule has 208 valence electrons. The summed E-state index contributed by atoms with van der Waals surface area (Å²) in [5.41, 5.74) is 11.9. The molecule has 0 fully saturated rings. The van der Waals surface area contributed by atoms with Crippen molar-refractivity contribution in [3.63, 3.8) is 0 Å². The van der Waals surface area contributed by atoms with Gasteiger partial charge in [-0.3, -0.25) is 0 Å². The molecule has 0 radical (unpaired) electrons. The highest BCUT2D eigenvalue weighted by Crippen LogP contribution is 2.46. The van der Waals surface area contributed by atoms with Crippen molar-refractivity contribution in [1.82, 2.24) is 26.2 Å². The lowest BCUT2D eigenvalue weighted by Crippen LogP contribution is -2.12. The molecule has 0 amide bonds. The third-order valence-electron chi connectivity index (χ3n) is 7.92. The average molecular weight is 622 g/mol. The monoisotopic (exact) mass is 621 g/mol. The zero-order valence-electron chi connectivity index (χ0n) is 22.8. The molecule has 6 aromatic carbocycles. The summed E-state index contributed by atoms with van der Waals surface area (Å²) in [5.74, 6) is 0. The Balaban J connectivity index is 1.29. The molecule has 9 aromatic rings. The van der Waals surface area contributed by atoms with Crippen LogP contribution < -0.4 is 4.90 Å². The maximum absolute atomic E-state index is 4.86. The summed E-state index contributed by atoms with van der Waals surface area (Å²) in [4.78, 5) is 2.19. The number of nitrogens with zero attached hydrogens (tertiary/aromatic N) is 7. The molecule has 0 aliphatic carbocycles. The molecule has 0 unspecified atom stereocenters. The van der Waals surface area contributed by atoms with Crippen molar-refractivity contribution in [3.8, 4) is 22.3 Å². The zero-order valence-corrected chi connectivity index (χ0v) is 25.3. The summed E-state index contributed by atoms with van der Waals surface area (Å²) in [7, 11) is 0. The Labute approximate surface area is 263 Å². The number of fused-ring (bicyclic) bond motifs is 4. The van der Waals surface area contributed by atoms with Crippen LogP contribution in [0, 0.1) is 0 Å². The quantitative estimate of drug-likeness (QED) is 0.189. The van der Waals surface area contributed by atoms with Crippen molar-refractivity contribution in [2.75, 3.05) is 4.90 Å². The van der Waals surface area contributed by atoms with Gasteiger partial charge in [-0.1, -0.05) is 72.8 Å². The summed E-state index contributed by atoms with van der Waals surface area (Å²) in [6, 6.07) is 39.8. The molecule has 0 aliphatic heterocycles. The van der Waals surface area contributed by atoms with E-state index in [4.69, 9.17) is 21.9 Å². The fraction of sp³-hybridized carbons (Fsp3) is 0. The number of hydrogen-bond donors (Lipinski definition) is 0. The van der Waals surface area contributed by atoms with E-state index in [0.29, 0.717) is 0 Å². The minimum atomic E-state index is 0.810. The van der Waals surface area contributed by atoms with Crippen molar-refractivity contribution in [3.05, 3.63) is 115 Å². The summed E-state index contributed by atoms with van der Waals surface area (Å²) >= 11 is 3.64. The molecular weight excluding hydrogens is 603 g/mol. The second-order valence-corrected chi connectivity index (χ2v) is 11.9. The number of anilines is 3. The predicted molar refractivity (Wildman–Crippen MR) is 182 cm³/mol. The van der Waals surface area contributed by atoms with Gasteiger partial charge in [0.15, 0.2) is 0 Å². The highest BCUT2D eigenvalue weighted by atomic mass is 32.1. The maximum atomic E-state index is 4.86. The summed E-state index contributed by atoms with van der Waals surface area (Å²) in [6.07, 6.45) is 0. The fourth-order valence-electron chi connectivity index (χ4n) is 5.87. The predicted octanol–water partition coefficient (Wildman–Crippen LogP) is 9.66. The molecule has 0 bridgehead atoms. The Bertz CT molecular complexity index is 2480. The van der Waals surface area contributed by atoms with Crippen LogP contribution in [0.25, 0.3) is 66.1 Å². The van der Waals surface area contributed by atoms with Gasteiger partial charge in [-0.15, -0.1) is 0 Å². The Morgan fingerprint density at radius 3 is 1.73 bits per heavy atom. The van der Waals surface area contributed by atoms with Crippen molar-refractivity contribution in [2.24, 2.45) is 0 Å². The van der Waals surface area contributed by atoms with Crippen LogP contribution in [0.1, 0.15) is 0 Å². The maximum Gasteiger partial charge on any atom is 0.129 e. The summed E-state index contributed by atoms with van der Waals surface area (Å²) in [6.45, 7) is 0. The standard InChI is InChI=1S/C34H19N7S3/c1-2-8-21(9-3-1)24-15-17-28(33-30(24)36-43-39-33)41(27-12-6-11-26-32(27)38-42-35-26)29-18-16-25(31-34(29)40-44-37-31)23-14-13-20-7-4-5-10-22(20)19-23/h1-19H. The highest BCUT2D eigenvalue weighted by molar-refractivity contribution is 7.00. The minimum Gasteiger partial charge on any atom is -0.304 e. The van der Waals surface area contributed by atoms with Crippen molar-refractivity contribution >= 4 is 96.1 Å². The Hall–Kier alpha value is -5.16. The second kappa shape index (κ2) is 10.2. The van der Waals surface area contributed by atoms with Gasteiger partial charge in [-0.05, 0) is 64.4 Å². The summed E-state index contributed by atoms with van der Waals surface area (Å²) < 4.78 is 28.5. The first-order chi connectivity index (χ1) is 21.8. The first-order valence-corrected chi connectivity index (χ1v) is 16.1. The van der Waals surface area contributed by atoms with Crippen LogP contribution in [-0.2, 0) is 0 Å². The van der Waals surface area contributed by atoms with E-state index in [1.165, 1.54) is 46.0 Å². The lowest BCUT2D eigenvalue weighted by molar-refractivity contribution is 1.31. The van der Waals surface area contributed by atoms with Crippen LogP contribution in [-0.4, -0.2) is 26.2 Å². The van der Waals surface area contributed by atoms with E-state index < -0.39 is 0 Å².